The number of halogens is 1. The van der Waals surface area contributed by atoms with Crippen molar-refractivity contribution in [2.45, 2.75) is 0 Å². The Morgan fingerprint density at radius 1 is 0.968 bits per heavy atom. The Labute approximate surface area is 181 Å². The largest absolute Gasteiger partial charge is 0.493 e. The summed E-state index contributed by atoms with van der Waals surface area (Å²) >= 11 is 6.69. The van der Waals surface area contributed by atoms with Crippen molar-refractivity contribution in [2.75, 3.05) is 25.7 Å². The lowest BCUT2D eigenvalue weighted by molar-refractivity contribution is 0.355. The highest BCUT2D eigenvalue weighted by atomic mass is 35.5. The van der Waals surface area contributed by atoms with Gasteiger partial charge in [0, 0.05) is 17.5 Å². The SMILES string of the molecule is COc1cc2nc(-c3ccco3)n(-c3cc4nc(N)nc(N)c4cc3Cl)c2cc1OC. The van der Waals surface area contributed by atoms with Gasteiger partial charge in [0.25, 0.3) is 0 Å². The van der Waals surface area contributed by atoms with Gasteiger partial charge in [-0.3, -0.25) is 4.57 Å². The number of nitrogens with zero attached hydrogens (tertiary/aromatic N) is 4. The van der Waals surface area contributed by atoms with Crippen LogP contribution in [0.5, 0.6) is 11.5 Å². The summed E-state index contributed by atoms with van der Waals surface area (Å²) < 4.78 is 18.4. The molecule has 0 aliphatic heterocycles. The molecule has 2 aromatic carbocycles. The van der Waals surface area contributed by atoms with Crippen molar-refractivity contribution in [3.63, 3.8) is 0 Å². The topological polar surface area (TPSA) is 127 Å². The van der Waals surface area contributed by atoms with Gasteiger partial charge in [-0.15, -0.1) is 0 Å². The van der Waals surface area contributed by atoms with Crippen molar-refractivity contribution in [1.29, 1.82) is 0 Å². The molecular formula is C21H17ClN6O3. The van der Waals surface area contributed by atoms with Gasteiger partial charge in [0.15, 0.2) is 23.1 Å². The Kier molecular flexibility index (Phi) is 4.33. The highest BCUT2D eigenvalue weighted by Crippen LogP contribution is 2.39. The third-order valence-electron chi connectivity index (χ3n) is 4.95. The number of imidazole rings is 1. The van der Waals surface area contributed by atoms with E-state index in [9.17, 15) is 0 Å². The number of ether oxygens (including phenoxy) is 2. The average molecular weight is 437 g/mol. The molecule has 3 aromatic heterocycles. The molecule has 0 bridgehead atoms. The molecule has 9 nitrogen and oxygen atoms in total. The lowest BCUT2D eigenvalue weighted by Crippen LogP contribution is -2.03. The number of fused-ring (bicyclic) bond motifs is 2. The van der Waals surface area contributed by atoms with Gasteiger partial charge in [0.2, 0.25) is 5.95 Å². The zero-order chi connectivity index (χ0) is 21.7. The second-order valence-electron chi connectivity index (χ2n) is 6.73. The maximum Gasteiger partial charge on any atom is 0.222 e. The van der Waals surface area contributed by atoms with Gasteiger partial charge in [-0.1, -0.05) is 11.6 Å². The fraction of sp³-hybridized carbons (Fsp3) is 0.0952. The van der Waals surface area contributed by atoms with Crippen molar-refractivity contribution < 1.29 is 13.9 Å². The van der Waals surface area contributed by atoms with Gasteiger partial charge < -0.3 is 25.4 Å². The van der Waals surface area contributed by atoms with E-state index in [-0.39, 0.29) is 11.8 Å². The second-order valence-corrected chi connectivity index (χ2v) is 7.14. The van der Waals surface area contributed by atoms with Gasteiger partial charge in [0.05, 0.1) is 47.7 Å². The predicted octanol–water partition coefficient (Wildman–Crippen LogP) is 4.06. The minimum atomic E-state index is 0.0754. The third-order valence-corrected chi connectivity index (χ3v) is 5.26. The van der Waals surface area contributed by atoms with Gasteiger partial charge in [-0.05, 0) is 24.3 Å². The number of rotatable bonds is 4. The molecule has 0 saturated carbocycles. The van der Waals surface area contributed by atoms with Crippen LogP contribution in [0, 0.1) is 0 Å². The molecule has 4 N–H and O–H groups in total. The number of hydrogen-bond donors (Lipinski definition) is 2. The minimum Gasteiger partial charge on any atom is -0.493 e. The number of methoxy groups -OCH3 is 2. The fourth-order valence-corrected chi connectivity index (χ4v) is 3.82. The average Bonchev–Trinajstić information content (AvgIpc) is 3.40. The van der Waals surface area contributed by atoms with Gasteiger partial charge in [-0.25, -0.2) is 9.97 Å². The van der Waals surface area contributed by atoms with E-state index in [1.54, 1.807) is 44.7 Å². The number of nitrogens with two attached hydrogens (primary N) is 2. The molecule has 5 aromatic rings. The monoisotopic (exact) mass is 436 g/mol. The van der Waals surface area contributed by atoms with E-state index >= 15 is 0 Å². The van der Waals surface area contributed by atoms with E-state index < -0.39 is 0 Å². The molecule has 0 saturated heterocycles. The quantitative estimate of drug-likeness (QED) is 0.431. The molecule has 0 fully saturated rings. The molecule has 0 unspecified atom stereocenters. The molecule has 0 radical (unpaired) electrons. The second kappa shape index (κ2) is 7.06. The summed E-state index contributed by atoms with van der Waals surface area (Å²) in [6, 6.07) is 10.7. The Morgan fingerprint density at radius 3 is 2.45 bits per heavy atom. The first kappa shape index (κ1) is 19.0. The molecule has 3 heterocycles. The standard InChI is InChI=1S/C21H17ClN6O3/c1-29-17-8-13-15(9-18(17)30-2)28(20(25-13)16-4-3-5-31-16)14-7-12-10(6-11(14)22)19(23)27-21(24)26-12/h3-9H,1-2H3,(H4,23,24,26,27). The molecular weight excluding hydrogens is 420 g/mol. The van der Waals surface area contributed by atoms with E-state index in [1.807, 2.05) is 16.7 Å². The zero-order valence-electron chi connectivity index (χ0n) is 16.6. The van der Waals surface area contributed by atoms with Crippen molar-refractivity contribution in [3.8, 4) is 28.8 Å². The van der Waals surface area contributed by atoms with Gasteiger partial charge in [0.1, 0.15) is 5.82 Å². The number of furan rings is 1. The maximum atomic E-state index is 6.69. The van der Waals surface area contributed by atoms with E-state index in [2.05, 4.69) is 9.97 Å². The summed E-state index contributed by atoms with van der Waals surface area (Å²) in [6.07, 6.45) is 1.58. The number of anilines is 2. The van der Waals surface area contributed by atoms with Gasteiger partial charge in [-0.2, -0.15) is 4.98 Å². The summed E-state index contributed by atoms with van der Waals surface area (Å²) in [5.74, 6) is 2.55. The van der Waals surface area contributed by atoms with Crippen LogP contribution in [0.3, 0.4) is 0 Å². The third kappa shape index (κ3) is 2.98. The molecule has 0 spiro atoms. The van der Waals surface area contributed by atoms with Crippen molar-refractivity contribution in [1.82, 2.24) is 19.5 Å². The highest BCUT2D eigenvalue weighted by molar-refractivity contribution is 6.33. The van der Waals surface area contributed by atoms with Crippen LogP contribution in [0.1, 0.15) is 0 Å². The first-order chi connectivity index (χ1) is 15.0. The van der Waals surface area contributed by atoms with E-state index in [0.717, 1.165) is 5.52 Å². The summed E-state index contributed by atoms with van der Waals surface area (Å²) in [7, 11) is 3.14. The smallest absolute Gasteiger partial charge is 0.222 e. The normalized spacial score (nSPS) is 11.3. The summed E-state index contributed by atoms with van der Waals surface area (Å²) in [5, 5.41) is 1.03. The van der Waals surface area contributed by atoms with E-state index in [4.69, 9.17) is 41.9 Å². The van der Waals surface area contributed by atoms with Crippen molar-refractivity contribution >= 4 is 45.3 Å². The Bertz CT molecular complexity index is 1450. The lowest BCUT2D eigenvalue weighted by atomic mass is 10.2. The van der Waals surface area contributed by atoms with Crippen LogP contribution in [0.2, 0.25) is 5.02 Å². The zero-order valence-corrected chi connectivity index (χ0v) is 17.3. The summed E-state index contributed by atoms with van der Waals surface area (Å²) in [4.78, 5) is 13.1. The van der Waals surface area contributed by atoms with Gasteiger partial charge >= 0.3 is 0 Å². The molecule has 0 atom stereocenters. The van der Waals surface area contributed by atoms with Crippen LogP contribution in [0.4, 0.5) is 11.8 Å². The van der Waals surface area contributed by atoms with Crippen LogP contribution < -0.4 is 20.9 Å². The number of aromatic nitrogens is 4. The lowest BCUT2D eigenvalue weighted by Gasteiger charge is -2.13. The van der Waals surface area contributed by atoms with Crippen LogP contribution in [-0.4, -0.2) is 33.7 Å². The summed E-state index contributed by atoms with van der Waals surface area (Å²) in [6.45, 7) is 0. The van der Waals surface area contributed by atoms with Crippen LogP contribution in [0.25, 0.3) is 39.2 Å². The number of benzene rings is 2. The molecule has 156 valence electrons. The van der Waals surface area contributed by atoms with Crippen molar-refractivity contribution in [2.24, 2.45) is 0 Å². The molecule has 10 heteroatoms. The maximum absolute atomic E-state index is 6.69. The predicted molar refractivity (Wildman–Crippen MR) is 119 cm³/mol. The molecule has 0 aliphatic rings. The van der Waals surface area contributed by atoms with Crippen LogP contribution >= 0.6 is 11.6 Å². The number of nitrogen functional groups attached to an aromatic ring is 2. The molecule has 31 heavy (non-hydrogen) atoms. The molecule has 0 aliphatic carbocycles. The molecule has 0 amide bonds. The first-order valence-electron chi connectivity index (χ1n) is 9.21. The highest BCUT2D eigenvalue weighted by Gasteiger charge is 2.21. The number of hydrogen-bond acceptors (Lipinski definition) is 8. The van der Waals surface area contributed by atoms with Crippen LogP contribution in [-0.2, 0) is 0 Å². The summed E-state index contributed by atoms with van der Waals surface area (Å²) in [5.41, 5.74) is 14.4. The van der Waals surface area contributed by atoms with Crippen molar-refractivity contribution in [3.05, 3.63) is 47.7 Å². The Hall–Kier alpha value is -3.98. The Balaban J connectivity index is 1.89. The molecule has 5 rings (SSSR count). The first-order valence-corrected chi connectivity index (χ1v) is 9.59. The Morgan fingerprint density at radius 2 is 1.74 bits per heavy atom. The van der Waals surface area contributed by atoms with E-state index in [0.29, 0.717) is 50.2 Å². The fourth-order valence-electron chi connectivity index (χ4n) is 3.57. The minimum absolute atomic E-state index is 0.0754. The van der Waals surface area contributed by atoms with Crippen LogP contribution in [0.15, 0.2) is 47.1 Å². The van der Waals surface area contributed by atoms with E-state index in [1.165, 1.54) is 0 Å².